The Hall–Kier alpha value is -2.12. The number of nitrogen functional groups attached to an aromatic ring is 1. The molecule has 7 heteroatoms. The normalized spacial score (nSPS) is 11.3. The van der Waals surface area contributed by atoms with E-state index in [1.807, 2.05) is 0 Å². The summed E-state index contributed by atoms with van der Waals surface area (Å²) in [6.45, 7) is 0.265. The molecule has 0 bridgehead atoms. The van der Waals surface area contributed by atoms with Crippen molar-refractivity contribution in [1.82, 2.24) is 0 Å². The fraction of sp³-hybridized carbons (Fsp3) is 0.0769. The molecule has 2 aromatic rings. The van der Waals surface area contributed by atoms with Crippen molar-refractivity contribution in [2.24, 2.45) is 5.14 Å². The average molecular weight is 295 g/mol. The summed E-state index contributed by atoms with van der Waals surface area (Å²) in [7, 11) is -3.84. The fourth-order valence-corrected chi connectivity index (χ4v) is 2.40. The van der Waals surface area contributed by atoms with Crippen molar-refractivity contribution in [1.29, 1.82) is 0 Å². The number of sulfonamides is 1. The number of halogens is 1. The Kier molecular flexibility index (Phi) is 3.91. The maximum Gasteiger partial charge on any atom is 0.240 e. The third kappa shape index (κ3) is 3.25. The molecule has 0 aliphatic heterocycles. The highest BCUT2D eigenvalue weighted by Gasteiger charge is 2.12. The molecule has 0 heterocycles. The van der Waals surface area contributed by atoms with Crippen LogP contribution in [-0.2, 0) is 16.6 Å². The molecular formula is C13H14FN3O2S. The highest BCUT2D eigenvalue weighted by Crippen LogP contribution is 2.22. The maximum atomic E-state index is 13.4. The van der Waals surface area contributed by atoms with Crippen molar-refractivity contribution in [2.45, 2.75) is 11.4 Å². The molecule has 2 rings (SSSR count). The summed E-state index contributed by atoms with van der Waals surface area (Å²) in [5, 5.41) is 7.98. The van der Waals surface area contributed by atoms with Crippen LogP contribution >= 0.6 is 0 Å². The molecule has 0 fully saturated rings. The van der Waals surface area contributed by atoms with E-state index in [9.17, 15) is 12.8 Å². The maximum absolute atomic E-state index is 13.4. The van der Waals surface area contributed by atoms with Crippen LogP contribution in [0.3, 0.4) is 0 Å². The number of hydrogen-bond acceptors (Lipinski definition) is 4. The van der Waals surface area contributed by atoms with Gasteiger partial charge in [-0.1, -0.05) is 18.2 Å². The van der Waals surface area contributed by atoms with Gasteiger partial charge in [-0.25, -0.2) is 17.9 Å². The van der Waals surface area contributed by atoms with Crippen LogP contribution in [0.2, 0.25) is 0 Å². The molecule has 20 heavy (non-hydrogen) atoms. The van der Waals surface area contributed by atoms with Gasteiger partial charge in [0.2, 0.25) is 10.0 Å². The summed E-state index contributed by atoms with van der Waals surface area (Å²) in [6.07, 6.45) is 0. The largest absolute Gasteiger partial charge is 0.398 e. The Morgan fingerprint density at radius 2 is 1.85 bits per heavy atom. The highest BCUT2D eigenvalue weighted by atomic mass is 32.2. The lowest BCUT2D eigenvalue weighted by Crippen LogP contribution is -2.14. The Morgan fingerprint density at radius 3 is 2.45 bits per heavy atom. The van der Waals surface area contributed by atoms with Gasteiger partial charge in [0.05, 0.1) is 5.69 Å². The predicted octanol–water partition coefficient (Wildman–Crippen LogP) is 1.67. The Morgan fingerprint density at radius 1 is 1.15 bits per heavy atom. The van der Waals surface area contributed by atoms with Crippen molar-refractivity contribution in [3.05, 3.63) is 53.8 Å². The van der Waals surface area contributed by atoms with Crippen LogP contribution in [-0.4, -0.2) is 8.42 Å². The van der Waals surface area contributed by atoms with E-state index in [4.69, 9.17) is 10.9 Å². The van der Waals surface area contributed by atoms with Crippen LogP contribution in [0.25, 0.3) is 0 Å². The van der Waals surface area contributed by atoms with Crippen LogP contribution in [0, 0.1) is 5.82 Å². The van der Waals surface area contributed by atoms with E-state index in [2.05, 4.69) is 5.32 Å². The van der Waals surface area contributed by atoms with Gasteiger partial charge >= 0.3 is 0 Å². The topological polar surface area (TPSA) is 98.2 Å². The van der Waals surface area contributed by atoms with Crippen molar-refractivity contribution >= 4 is 21.4 Å². The van der Waals surface area contributed by atoms with Gasteiger partial charge in [0.25, 0.3) is 0 Å². The van der Waals surface area contributed by atoms with Crippen LogP contribution in [0.1, 0.15) is 5.56 Å². The highest BCUT2D eigenvalue weighted by molar-refractivity contribution is 7.89. The van der Waals surface area contributed by atoms with Gasteiger partial charge in [0.1, 0.15) is 10.7 Å². The van der Waals surface area contributed by atoms with Crippen LogP contribution in [0.4, 0.5) is 15.8 Å². The minimum Gasteiger partial charge on any atom is -0.398 e. The van der Waals surface area contributed by atoms with Crippen molar-refractivity contribution in [3.8, 4) is 0 Å². The summed E-state index contributed by atoms with van der Waals surface area (Å²) in [4.78, 5) is -0.131. The molecule has 2 aromatic carbocycles. The summed E-state index contributed by atoms with van der Waals surface area (Å²) in [5.41, 5.74) is 6.76. The zero-order valence-corrected chi connectivity index (χ0v) is 11.3. The quantitative estimate of drug-likeness (QED) is 0.747. The second kappa shape index (κ2) is 5.48. The molecule has 0 aliphatic carbocycles. The second-order valence-electron chi connectivity index (χ2n) is 4.24. The zero-order chi connectivity index (χ0) is 14.8. The molecule has 0 unspecified atom stereocenters. The third-order valence-corrected chi connectivity index (χ3v) is 3.74. The second-order valence-corrected chi connectivity index (χ2v) is 5.77. The Balaban J connectivity index is 2.16. The smallest absolute Gasteiger partial charge is 0.240 e. The molecule has 0 atom stereocenters. The number of rotatable bonds is 4. The van der Waals surface area contributed by atoms with E-state index in [-0.39, 0.29) is 22.9 Å². The molecule has 5 N–H and O–H groups in total. The van der Waals surface area contributed by atoms with E-state index in [1.54, 1.807) is 18.2 Å². The Labute approximate surface area is 116 Å². The molecule has 0 spiro atoms. The van der Waals surface area contributed by atoms with E-state index < -0.39 is 10.0 Å². The fourth-order valence-electron chi connectivity index (χ4n) is 1.76. The standard InChI is InChI=1S/C13H14FN3O2S/c14-11-4-2-1-3-9(11)8-17-10-5-6-13(12(15)7-10)20(16,18)19/h1-7,17H,8,15H2,(H2,16,18,19). The van der Waals surface area contributed by atoms with E-state index >= 15 is 0 Å². The number of anilines is 2. The number of nitrogens with one attached hydrogen (secondary N) is 1. The first kappa shape index (κ1) is 14.3. The van der Waals surface area contributed by atoms with Gasteiger partial charge in [-0.3, -0.25) is 0 Å². The SMILES string of the molecule is Nc1cc(NCc2ccccc2F)ccc1S(N)(=O)=O. The van der Waals surface area contributed by atoms with Crippen LogP contribution in [0.5, 0.6) is 0 Å². The van der Waals surface area contributed by atoms with Crippen LogP contribution < -0.4 is 16.2 Å². The minimum atomic E-state index is -3.84. The number of hydrogen-bond donors (Lipinski definition) is 3. The van der Waals surface area contributed by atoms with Gasteiger partial charge in [-0.05, 0) is 24.3 Å². The summed E-state index contributed by atoms with van der Waals surface area (Å²) in [6, 6.07) is 10.7. The summed E-state index contributed by atoms with van der Waals surface area (Å²) in [5.74, 6) is -0.311. The first-order valence-corrected chi connectivity index (χ1v) is 7.32. The molecule has 106 valence electrons. The minimum absolute atomic E-state index is 0.0473. The van der Waals surface area contributed by atoms with Gasteiger partial charge < -0.3 is 11.1 Å². The average Bonchev–Trinajstić information content (AvgIpc) is 2.36. The lowest BCUT2D eigenvalue weighted by Gasteiger charge is -2.10. The molecule has 5 nitrogen and oxygen atoms in total. The number of benzene rings is 2. The van der Waals surface area contributed by atoms with Crippen molar-refractivity contribution in [2.75, 3.05) is 11.1 Å². The predicted molar refractivity (Wildman–Crippen MR) is 76.0 cm³/mol. The van der Waals surface area contributed by atoms with Crippen LogP contribution in [0.15, 0.2) is 47.4 Å². The molecule has 0 saturated heterocycles. The van der Waals surface area contributed by atoms with Gasteiger partial charge in [0, 0.05) is 17.8 Å². The van der Waals surface area contributed by atoms with Gasteiger partial charge in [-0.2, -0.15) is 0 Å². The first-order valence-electron chi connectivity index (χ1n) is 5.77. The first-order chi connectivity index (χ1) is 9.38. The third-order valence-electron chi connectivity index (χ3n) is 2.76. The monoisotopic (exact) mass is 295 g/mol. The summed E-state index contributed by atoms with van der Waals surface area (Å²) >= 11 is 0. The number of nitrogens with two attached hydrogens (primary N) is 2. The summed E-state index contributed by atoms with van der Waals surface area (Å²) < 4.78 is 35.9. The zero-order valence-electron chi connectivity index (χ0n) is 10.5. The lowest BCUT2D eigenvalue weighted by atomic mass is 10.2. The molecule has 0 radical (unpaired) electrons. The van der Waals surface area contributed by atoms with Crippen molar-refractivity contribution in [3.63, 3.8) is 0 Å². The lowest BCUT2D eigenvalue weighted by molar-refractivity contribution is 0.598. The van der Waals surface area contributed by atoms with Gasteiger partial charge in [0.15, 0.2) is 0 Å². The molecule has 0 aliphatic rings. The molecule has 0 saturated carbocycles. The molecule has 0 amide bonds. The van der Waals surface area contributed by atoms with E-state index in [0.717, 1.165) is 0 Å². The Bertz CT molecular complexity index is 732. The molecule has 0 aromatic heterocycles. The van der Waals surface area contributed by atoms with Gasteiger partial charge in [-0.15, -0.1) is 0 Å². The van der Waals surface area contributed by atoms with Crippen molar-refractivity contribution < 1.29 is 12.8 Å². The molecular weight excluding hydrogens is 281 g/mol. The van der Waals surface area contributed by atoms with E-state index in [1.165, 1.54) is 24.3 Å². The number of primary sulfonamides is 1. The van der Waals surface area contributed by atoms with E-state index in [0.29, 0.717) is 11.3 Å².